The number of nitriles is 1. The van der Waals surface area contributed by atoms with Gasteiger partial charge in [-0.05, 0) is 48.0 Å². The lowest BCUT2D eigenvalue weighted by atomic mass is 10.0. The minimum atomic E-state index is -0.307. The first-order chi connectivity index (χ1) is 8.95. The van der Waals surface area contributed by atoms with Crippen LogP contribution in [0.4, 0.5) is 5.69 Å². The summed E-state index contributed by atoms with van der Waals surface area (Å²) in [5, 5.41) is 18.2. The van der Waals surface area contributed by atoms with Gasteiger partial charge in [0.15, 0.2) is 0 Å². The Morgan fingerprint density at radius 3 is 2.89 bits per heavy atom. The molecule has 1 aromatic rings. The van der Waals surface area contributed by atoms with Gasteiger partial charge >= 0.3 is 0 Å². The van der Waals surface area contributed by atoms with Crippen LogP contribution in [0.1, 0.15) is 19.4 Å². The minimum absolute atomic E-state index is 0.00777. The molecule has 2 rings (SSSR count). The van der Waals surface area contributed by atoms with E-state index in [4.69, 9.17) is 10.00 Å². The van der Waals surface area contributed by atoms with Crippen molar-refractivity contribution >= 4 is 21.6 Å². The molecule has 1 N–H and O–H groups in total. The maximum atomic E-state index is 9.33. The topological polar surface area (TPSA) is 56.5 Å². The van der Waals surface area contributed by atoms with E-state index in [1.54, 1.807) is 6.07 Å². The Hall–Kier alpha value is -1.09. The molecule has 1 aliphatic rings. The number of hydrogen-bond donors (Lipinski definition) is 1. The smallest absolute Gasteiger partial charge is 0.0992 e. The number of benzene rings is 1. The minimum Gasteiger partial charge on any atom is -0.394 e. The lowest BCUT2D eigenvalue weighted by Gasteiger charge is -2.43. The molecule has 1 unspecified atom stereocenters. The number of ether oxygens (including phenoxy) is 1. The molecule has 0 bridgehead atoms. The quantitative estimate of drug-likeness (QED) is 0.906. The van der Waals surface area contributed by atoms with Crippen molar-refractivity contribution in [1.82, 2.24) is 0 Å². The Labute approximate surface area is 121 Å². The molecular weight excluding hydrogens is 308 g/mol. The molecule has 0 radical (unpaired) electrons. The van der Waals surface area contributed by atoms with Gasteiger partial charge in [-0.2, -0.15) is 5.26 Å². The Morgan fingerprint density at radius 1 is 1.58 bits per heavy atom. The van der Waals surface area contributed by atoms with Gasteiger partial charge in [0.2, 0.25) is 0 Å². The molecule has 1 saturated heterocycles. The zero-order chi connectivity index (χ0) is 14.0. The van der Waals surface area contributed by atoms with Gasteiger partial charge < -0.3 is 14.7 Å². The first kappa shape index (κ1) is 14.3. The van der Waals surface area contributed by atoms with E-state index in [0.717, 1.165) is 16.7 Å². The highest BCUT2D eigenvalue weighted by Gasteiger charge is 2.33. The molecule has 1 heterocycles. The molecule has 1 aromatic carbocycles. The molecule has 4 nitrogen and oxygen atoms in total. The number of anilines is 1. The van der Waals surface area contributed by atoms with Crippen molar-refractivity contribution in [2.75, 3.05) is 24.6 Å². The first-order valence-corrected chi connectivity index (χ1v) is 6.98. The third-order valence-corrected chi connectivity index (χ3v) is 3.74. The highest BCUT2D eigenvalue weighted by molar-refractivity contribution is 9.10. The van der Waals surface area contributed by atoms with E-state index in [9.17, 15) is 5.11 Å². The van der Waals surface area contributed by atoms with Crippen LogP contribution in [-0.2, 0) is 4.74 Å². The van der Waals surface area contributed by atoms with Crippen molar-refractivity contribution < 1.29 is 9.84 Å². The number of aliphatic hydroxyl groups excluding tert-OH is 1. The summed E-state index contributed by atoms with van der Waals surface area (Å²) < 4.78 is 6.69. The summed E-state index contributed by atoms with van der Waals surface area (Å²) in [4.78, 5) is 2.18. The number of hydrogen-bond acceptors (Lipinski definition) is 4. The van der Waals surface area contributed by atoms with E-state index in [-0.39, 0.29) is 18.3 Å². The van der Waals surface area contributed by atoms with E-state index >= 15 is 0 Å². The summed E-state index contributed by atoms with van der Waals surface area (Å²) >= 11 is 3.51. The molecule has 0 amide bonds. The predicted molar refractivity (Wildman–Crippen MR) is 77.1 cm³/mol. The standard InChI is InChI=1S/C14H17BrN2O2/c1-14(2)9-17(7-11(8-18)19-14)13-4-3-10(6-16)5-12(13)15/h3-5,11,18H,7-9H2,1-2H3. The molecule has 102 valence electrons. The van der Waals surface area contributed by atoms with Gasteiger partial charge in [-0.15, -0.1) is 0 Å². The maximum Gasteiger partial charge on any atom is 0.0992 e. The predicted octanol–water partition coefficient (Wildman–Crippen LogP) is 2.30. The molecule has 0 spiro atoms. The van der Waals surface area contributed by atoms with Crippen LogP contribution in [0.5, 0.6) is 0 Å². The lowest BCUT2D eigenvalue weighted by molar-refractivity contribution is -0.101. The molecule has 5 heteroatoms. The second-order valence-electron chi connectivity index (χ2n) is 5.34. The largest absolute Gasteiger partial charge is 0.394 e. The molecular formula is C14H17BrN2O2. The van der Waals surface area contributed by atoms with Gasteiger partial charge in [0.1, 0.15) is 0 Å². The Kier molecular flexibility index (Phi) is 4.14. The number of nitrogens with zero attached hydrogens (tertiary/aromatic N) is 2. The van der Waals surface area contributed by atoms with E-state index in [2.05, 4.69) is 26.9 Å². The molecule has 0 aliphatic carbocycles. The third-order valence-electron chi connectivity index (χ3n) is 3.10. The van der Waals surface area contributed by atoms with Crippen LogP contribution in [0.25, 0.3) is 0 Å². The monoisotopic (exact) mass is 324 g/mol. The van der Waals surface area contributed by atoms with Crippen molar-refractivity contribution in [2.24, 2.45) is 0 Å². The summed E-state index contributed by atoms with van der Waals surface area (Å²) in [6.07, 6.45) is -0.189. The van der Waals surface area contributed by atoms with E-state index in [1.807, 2.05) is 26.0 Å². The summed E-state index contributed by atoms with van der Waals surface area (Å²) in [7, 11) is 0. The second kappa shape index (κ2) is 5.49. The Bertz CT molecular complexity index is 511. The van der Waals surface area contributed by atoms with Crippen LogP contribution >= 0.6 is 15.9 Å². The van der Waals surface area contributed by atoms with Gasteiger partial charge in [0, 0.05) is 17.6 Å². The fourth-order valence-electron chi connectivity index (χ4n) is 2.41. The van der Waals surface area contributed by atoms with Crippen LogP contribution < -0.4 is 4.90 Å². The third kappa shape index (κ3) is 3.27. The van der Waals surface area contributed by atoms with Crippen LogP contribution in [0.2, 0.25) is 0 Å². The highest BCUT2D eigenvalue weighted by Crippen LogP contribution is 2.32. The van der Waals surface area contributed by atoms with Crippen LogP contribution in [0.15, 0.2) is 22.7 Å². The van der Waals surface area contributed by atoms with E-state index < -0.39 is 0 Å². The average molecular weight is 325 g/mol. The molecule has 1 atom stereocenters. The summed E-state index contributed by atoms with van der Waals surface area (Å²) in [6.45, 7) is 5.42. The summed E-state index contributed by atoms with van der Waals surface area (Å²) in [6, 6.07) is 7.66. The highest BCUT2D eigenvalue weighted by atomic mass is 79.9. The summed E-state index contributed by atoms with van der Waals surface area (Å²) in [5.41, 5.74) is 1.34. The number of halogens is 1. The maximum absolute atomic E-state index is 9.33. The van der Waals surface area contributed by atoms with Gasteiger partial charge in [-0.3, -0.25) is 0 Å². The van der Waals surface area contributed by atoms with Gasteiger partial charge in [0.25, 0.3) is 0 Å². The Balaban J connectivity index is 2.28. The molecule has 1 fully saturated rings. The van der Waals surface area contributed by atoms with Crippen LogP contribution in [-0.4, -0.2) is 36.5 Å². The second-order valence-corrected chi connectivity index (χ2v) is 6.19. The average Bonchev–Trinajstić information content (AvgIpc) is 2.36. The van der Waals surface area contributed by atoms with Crippen LogP contribution in [0.3, 0.4) is 0 Å². The van der Waals surface area contributed by atoms with Crippen molar-refractivity contribution in [1.29, 1.82) is 5.26 Å². The number of rotatable bonds is 2. The molecule has 1 aliphatic heterocycles. The lowest BCUT2D eigenvalue weighted by Crippen LogP contribution is -2.54. The zero-order valence-electron chi connectivity index (χ0n) is 11.1. The summed E-state index contributed by atoms with van der Waals surface area (Å²) in [5.74, 6) is 0. The SMILES string of the molecule is CC1(C)CN(c2ccc(C#N)cc2Br)CC(CO)O1. The Morgan fingerprint density at radius 2 is 2.32 bits per heavy atom. The molecule has 0 aromatic heterocycles. The number of aliphatic hydroxyl groups is 1. The molecule has 19 heavy (non-hydrogen) atoms. The van der Waals surface area contributed by atoms with E-state index in [1.165, 1.54) is 0 Å². The van der Waals surface area contributed by atoms with E-state index in [0.29, 0.717) is 12.1 Å². The number of morpholine rings is 1. The first-order valence-electron chi connectivity index (χ1n) is 6.18. The normalized spacial score (nSPS) is 22.1. The zero-order valence-corrected chi connectivity index (χ0v) is 12.6. The van der Waals surface area contributed by atoms with Crippen molar-refractivity contribution in [3.8, 4) is 6.07 Å². The van der Waals surface area contributed by atoms with Gasteiger partial charge in [-0.25, -0.2) is 0 Å². The molecule has 0 saturated carbocycles. The van der Waals surface area contributed by atoms with Gasteiger partial charge in [-0.1, -0.05) is 0 Å². The fraction of sp³-hybridized carbons (Fsp3) is 0.500. The van der Waals surface area contributed by atoms with Gasteiger partial charge in [0.05, 0.1) is 35.6 Å². The van der Waals surface area contributed by atoms with Crippen molar-refractivity contribution in [3.63, 3.8) is 0 Å². The fourth-order valence-corrected chi connectivity index (χ4v) is 3.04. The van der Waals surface area contributed by atoms with Crippen LogP contribution in [0, 0.1) is 11.3 Å². The van der Waals surface area contributed by atoms with Crippen molar-refractivity contribution in [3.05, 3.63) is 28.2 Å². The van der Waals surface area contributed by atoms with Crippen molar-refractivity contribution in [2.45, 2.75) is 25.6 Å².